The normalized spacial score (nSPS) is 11.7. The van der Waals surface area contributed by atoms with Crippen LogP contribution in [0, 0.1) is 0 Å². The van der Waals surface area contributed by atoms with E-state index in [-0.39, 0.29) is 25.0 Å². The third-order valence-electron chi connectivity index (χ3n) is 4.35. The van der Waals surface area contributed by atoms with E-state index in [1.165, 1.54) is 19.3 Å². The van der Waals surface area contributed by atoms with E-state index in [1.807, 2.05) is 13.8 Å². The molecule has 0 aromatic heterocycles. The summed E-state index contributed by atoms with van der Waals surface area (Å²) in [5, 5.41) is 0. The molecule has 0 bridgehead atoms. The molecule has 0 aromatic rings. The van der Waals surface area contributed by atoms with Gasteiger partial charge in [0.25, 0.3) is 0 Å². The van der Waals surface area contributed by atoms with Gasteiger partial charge in [0, 0.05) is 12.8 Å². The number of rotatable bonds is 18. The Hall–Kier alpha value is -1.59. The maximum Gasteiger partial charge on any atom is 0.309 e. The first-order valence-corrected chi connectivity index (χ1v) is 11.0. The van der Waals surface area contributed by atoms with Gasteiger partial charge in [0.2, 0.25) is 0 Å². The fourth-order valence-electron chi connectivity index (χ4n) is 2.59. The molecule has 0 saturated heterocycles. The standard InChI is InChI=1S/C22H40O6/c1-4-7-10-11-12-13-16-26-22(25)17-19(28-21(24)15-9-6-3)18-27-20(23)14-8-5-2/h19H,4-18H2,1-3H3. The van der Waals surface area contributed by atoms with Gasteiger partial charge in [-0.15, -0.1) is 0 Å². The fraction of sp³-hybridized carbons (Fsp3) is 0.864. The van der Waals surface area contributed by atoms with E-state index in [9.17, 15) is 14.4 Å². The van der Waals surface area contributed by atoms with Crippen LogP contribution in [0.1, 0.15) is 104 Å². The second-order valence-electron chi connectivity index (χ2n) is 7.19. The summed E-state index contributed by atoms with van der Waals surface area (Å²) in [6.07, 6.45) is 9.69. The first kappa shape index (κ1) is 26.4. The van der Waals surface area contributed by atoms with Gasteiger partial charge in [-0.2, -0.15) is 0 Å². The van der Waals surface area contributed by atoms with E-state index in [0.29, 0.717) is 19.4 Å². The molecule has 0 fully saturated rings. The first-order chi connectivity index (χ1) is 13.5. The lowest BCUT2D eigenvalue weighted by atomic mass is 10.1. The molecule has 0 heterocycles. The lowest BCUT2D eigenvalue weighted by molar-refractivity contribution is -0.164. The van der Waals surface area contributed by atoms with E-state index in [2.05, 4.69) is 6.92 Å². The highest BCUT2D eigenvalue weighted by atomic mass is 16.6. The number of hydrogen-bond donors (Lipinski definition) is 0. The minimum absolute atomic E-state index is 0.0885. The second kappa shape index (κ2) is 18.8. The largest absolute Gasteiger partial charge is 0.466 e. The molecule has 0 amide bonds. The van der Waals surface area contributed by atoms with Crippen molar-refractivity contribution in [2.45, 2.75) is 110 Å². The van der Waals surface area contributed by atoms with Gasteiger partial charge in [0.15, 0.2) is 0 Å². The molecular weight excluding hydrogens is 360 g/mol. The van der Waals surface area contributed by atoms with Crippen LogP contribution in [0.25, 0.3) is 0 Å². The van der Waals surface area contributed by atoms with Gasteiger partial charge in [0.1, 0.15) is 12.7 Å². The van der Waals surface area contributed by atoms with Crippen LogP contribution in [0.2, 0.25) is 0 Å². The van der Waals surface area contributed by atoms with Gasteiger partial charge in [0.05, 0.1) is 13.0 Å². The summed E-state index contributed by atoms with van der Waals surface area (Å²) in [6.45, 7) is 6.42. The highest BCUT2D eigenvalue weighted by Gasteiger charge is 2.21. The average Bonchev–Trinajstić information content (AvgIpc) is 2.68. The van der Waals surface area contributed by atoms with Gasteiger partial charge < -0.3 is 14.2 Å². The molecule has 0 aromatic carbocycles. The van der Waals surface area contributed by atoms with Crippen LogP contribution in [0.15, 0.2) is 0 Å². The van der Waals surface area contributed by atoms with Crippen LogP contribution in [0.5, 0.6) is 0 Å². The lowest BCUT2D eigenvalue weighted by Crippen LogP contribution is -2.28. The van der Waals surface area contributed by atoms with Gasteiger partial charge in [-0.1, -0.05) is 65.7 Å². The molecule has 6 heteroatoms. The van der Waals surface area contributed by atoms with Crippen molar-refractivity contribution in [3.8, 4) is 0 Å². The number of carbonyl (C=O) groups is 3. The molecule has 0 aliphatic heterocycles. The number of ether oxygens (including phenoxy) is 3. The minimum Gasteiger partial charge on any atom is -0.466 e. The summed E-state index contributed by atoms with van der Waals surface area (Å²) >= 11 is 0. The van der Waals surface area contributed by atoms with E-state index < -0.39 is 12.1 Å². The highest BCUT2D eigenvalue weighted by molar-refractivity contribution is 5.73. The maximum absolute atomic E-state index is 12.0. The fourth-order valence-corrected chi connectivity index (χ4v) is 2.59. The van der Waals surface area contributed by atoms with Crippen LogP contribution in [0.3, 0.4) is 0 Å². The molecule has 1 atom stereocenters. The van der Waals surface area contributed by atoms with Crippen molar-refractivity contribution >= 4 is 17.9 Å². The molecule has 28 heavy (non-hydrogen) atoms. The Morgan fingerprint density at radius 2 is 1.21 bits per heavy atom. The molecule has 0 N–H and O–H groups in total. The van der Waals surface area contributed by atoms with E-state index in [4.69, 9.17) is 14.2 Å². The summed E-state index contributed by atoms with van der Waals surface area (Å²) in [7, 11) is 0. The van der Waals surface area contributed by atoms with Crippen LogP contribution in [-0.2, 0) is 28.6 Å². The Kier molecular flexibility index (Phi) is 17.7. The van der Waals surface area contributed by atoms with Gasteiger partial charge in [-0.3, -0.25) is 14.4 Å². The SMILES string of the molecule is CCCCCCCCOC(=O)CC(COC(=O)CCCC)OC(=O)CCCC. The quantitative estimate of drug-likeness (QED) is 0.181. The van der Waals surface area contributed by atoms with Gasteiger partial charge >= 0.3 is 17.9 Å². The van der Waals surface area contributed by atoms with Gasteiger partial charge in [-0.25, -0.2) is 0 Å². The predicted molar refractivity (Wildman–Crippen MR) is 109 cm³/mol. The Morgan fingerprint density at radius 3 is 1.86 bits per heavy atom. The summed E-state index contributed by atoms with van der Waals surface area (Å²) in [4.78, 5) is 35.6. The molecule has 1 unspecified atom stereocenters. The molecule has 164 valence electrons. The Balaban J connectivity index is 4.26. The summed E-state index contributed by atoms with van der Waals surface area (Å²) in [5.41, 5.74) is 0. The summed E-state index contributed by atoms with van der Waals surface area (Å²) in [5.74, 6) is -1.14. The molecule has 0 aliphatic rings. The van der Waals surface area contributed by atoms with Crippen LogP contribution >= 0.6 is 0 Å². The highest BCUT2D eigenvalue weighted by Crippen LogP contribution is 2.09. The van der Waals surface area contributed by atoms with Crippen LogP contribution in [0.4, 0.5) is 0 Å². The first-order valence-electron chi connectivity index (χ1n) is 11.0. The molecule has 0 spiro atoms. The molecule has 0 aliphatic carbocycles. The lowest BCUT2D eigenvalue weighted by Gasteiger charge is -2.17. The topological polar surface area (TPSA) is 78.9 Å². The van der Waals surface area contributed by atoms with Crippen molar-refractivity contribution in [1.29, 1.82) is 0 Å². The molecule has 0 radical (unpaired) electrons. The number of hydrogen-bond acceptors (Lipinski definition) is 6. The predicted octanol–water partition coefficient (Wildman–Crippen LogP) is 5.12. The van der Waals surface area contributed by atoms with Crippen molar-refractivity contribution in [3.05, 3.63) is 0 Å². The third kappa shape index (κ3) is 16.6. The Morgan fingerprint density at radius 1 is 0.643 bits per heavy atom. The second-order valence-corrected chi connectivity index (χ2v) is 7.19. The van der Waals surface area contributed by atoms with Crippen molar-refractivity contribution in [2.75, 3.05) is 13.2 Å². The van der Waals surface area contributed by atoms with Crippen molar-refractivity contribution in [1.82, 2.24) is 0 Å². The third-order valence-corrected chi connectivity index (χ3v) is 4.35. The minimum atomic E-state index is -0.785. The van der Waals surface area contributed by atoms with Crippen LogP contribution in [-0.4, -0.2) is 37.2 Å². The number of carbonyl (C=O) groups excluding carboxylic acids is 3. The Labute approximate surface area is 170 Å². The van der Waals surface area contributed by atoms with Crippen molar-refractivity contribution in [3.63, 3.8) is 0 Å². The molecule has 6 nitrogen and oxygen atoms in total. The molecule has 0 saturated carbocycles. The van der Waals surface area contributed by atoms with E-state index in [1.54, 1.807) is 0 Å². The zero-order valence-corrected chi connectivity index (χ0v) is 18.1. The average molecular weight is 401 g/mol. The van der Waals surface area contributed by atoms with E-state index in [0.717, 1.165) is 44.9 Å². The maximum atomic E-state index is 12.0. The monoisotopic (exact) mass is 400 g/mol. The number of unbranched alkanes of at least 4 members (excludes halogenated alkanes) is 7. The molecular formula is C22H40O6. The Bertz CT molecular complexity index is 421. The van der Waals surface area contributed by atoms with Crippen molar-refractivity contribution < 1.29 is 28.6 Å². The summed E-state index contributed by atoms with van der Waals surface area (Å²) < 4.78 is 15.7. The van der Waals surface area contributed by atoms with Crippen LogP contribution < -0.4 is 0 Å². The zero-order chi connectivity index (χ0) is 21.0. The van der Waals surface area contributed by atoms with Crippen molar-refractivity contribution in [2.24, 2.45) is 0 Å². The molecule has 0 rings (SSSR count). The smallest absolute Gasteiger partial charge is 0.309 e. The van der Waals surface area contributed by atoms with E-state index >= 15 is 0 Å². The zero-order valence-electron chi connectivity index (χ0n) is 18.1. The van der Waals surface area contributed by atoms with Gasteiger partial charge in [-0.05, 0) is 19.3 Å². The summed E-state index contributed by atoms with van der Waals surface area (Å²) in [6, 6.07) is 0. The number of esters is 3.